The van der Waals surface area contributed by atoms with Gasteiger partial charge in [0.05, 0.1) is 12.1 Å². The number of hydrogen-bond acceptors (Lipinski definition) is 4. The van der Waals surface area contributed by atoms with Gasteiger partial charge in [-0.15, -0.1) is 0 Å². The first-order chi connectivity index (χ1) is 18.7. The highest BCUT2D eigenvalue weighted by molar-refractivity contribution is 6.02. The van der Waals surface area contributed by atoms with E-state index < -0.39 is 0 Å². The Balaban J connectivity index is 1.34. The molecule has 0 aliphatic heterocycles. The van der Waals surface area contributed by atoms with Gasteiger partial charge in [-0.1, -0.05) is 78.9 Å². The molecule has 0 aliphatic carbocycles. The largest absolute Gasteiger partial charge is 0.325 e. The average Bonchev–Trinajstić information content (AvgIpc) is 2.94. The highest BCUT2D eigenvalue weighted by atomic mass is 16.1. The number of aromatic nitrogens is 3. The van der Waals surface area contributed by atoms with E-state index in [4.69, 9.17) is 0 Å². The van der Waals surface area contributed by atoms with Crippen LogP contribution in [0.2, 0.25) is 0 Å². The molecule has 184 valence electrons. The number of benzene rings is 4. The Morgan fingerprint density at radius 3 is 2.45 bits per heavy atom. The van der Waals surface area contributed by atoms with Crippen LogP contribution in [0, 0.1) is 0 Å². The molecule has 0 saturated heterocycles. The number of carbonyl (C=O) groups excluding carboxylic acids is 1. The third-order valence-corrected chi connectivity index (χ3v) is 6.49. The van der Waals surface area contributed by atoms with Crippen LogP contribution in [0.15, 0.2) is 120 Å². The minimum atomic E-state index is -0.225. The Hall–Kier alpha value is -5.10. The Morgan fingerprint density at radius 2 is 1.55 bits per heavy atom. The van der Waals surface area contributed by atoms with Gasteiger partial charge in [0, 0.05) is 23.7 Å². The Labute approximate surface area is 219 Å². The van der Waals surface area contributed by atoms with Gasteiger partial charge in [-0.25, -0.2) is 9.97 Å². The Morgan fingerprint density at radius 1 is 0.789 bits per heavy atom. The van der Waals surface area contributed by atoms with Crippen LogP contribution in [-0.4, -0.2) is 20.4 Å². The van der Waals surface area contributed by atoms with Crippen LogP contribution in [-0.2, 0) is 17.6 Å². The lowest BCUT2D eigenvalue weighted by atomic mass is 10.1. The molecule has 0 unspecified atom stereocenters. The van der Waals surface area contributed by atoms with Crippen LogP contribution in [0.25, 0.3) is 27.6 Å². The molecule has 6 rings (SSSR count). The van der Waals surface area contributed by atoms with Gasteiger partial charge < -0.3 is 5.32 Å². The highest BCUT2D eigenvalue weighted by Crippen LogP contribution is 2.23. The van der Waals surface area contributed by atoms with Crippen LogP contribution in [0.1, 0.15) is 16.8 Å². The molecule has 6 nitrogen and oxygen atoms in total. The first kappa shape index (κ1) is 23.3. The minimum absolute atomic E-state index is 0.131. The van der Waals surface area contributed by atoms with E-state index in [-0.39, 0.29) is 17.9 Å². The van der Waals surface area contributed by atoms with Crippen molar-refractivity contribution in [3.8, 4) is 5.69 Å². The van der Waals surface area contributed by atoms with Crippen LogP contribution in [0.5, 0.6) is 0 Å². The van der Waals surface area contributed by atoms with Crippen molar-refractivity contribution < 1.29 is 4.79 Å². The maximum absolute atomic E-state index is 13.7. The quantitative estimate of drug-likeness (QED) is 0.321. The Kier molecular flexibility index (Phi) is 6.20. The second-order valence-electron chi connectivity index (χ2n) is 9.13. The third-order valence-electron chi connectivity index (χ3n) is 6.49. The van der Waals surface area contributed by atoms with Gasteiger partial charge in [-0.3, -0.25) is 14.2 Å². The summed E-state index contributed by atoms with van der Waals surface area (Å²) in [6.45, 7) is 0. The molecule has 1 N–H and O–H groups in total. The normalized spacial score (nSPS) is 11.1. The fraction of sp³-hybridized carbons (Fsp3) is 0.0625. The van der Waals surface area contributed by atoms with E-state index in [9.17, 15) is 9.59 Å². The molecular formula is C32H24N4O2. The second-order valence-corrected chi connectivity index (χ2v) is 9.13. The zero-order chi connectivity index (χ0) is 25.9. The molecule has 6 aromatic rings. The van der Waals surface area contributed by atoms with Crippen molar-refractivity contribution in [1.29, 1.82) is 0 Å². The molecule has 0 aliphatic rings. The molecule has 1 amide bonds. The second kappa shape index (κ2) is 10.1. The lowest BCUT2D eigenvalue weighted by Gasteiger charge is -2.13. The number of fused-ring (bicyclic) bond motifs is 2. The first-order valence-corrected chi connectivity index (χ1v) is 12.4. The van der Waals surface area contributed by atoms with E-state index in [1.54, 1.807) is 10.8 Å². The van der Waals surface area contributed by atoms with Gasteiger partial charge in [-0.2, -0.15) is 0 Å². The lowest BCUT2D eigenvalue weighted by molar-refractivity contribution is -0.115. The summed E-state index contributed by atoms with van der Waals surface area (Å²) < 4.78 is 1.59. The van der Waals surface area contributed by atoms with Gasteiger partial charge in [0.2, 0.25) is 5.91 Å². The van der Waals surface area contributed by atoms with Crippen molar-refractivity contribution >= 4 is 33.5 Å². The van der Waals surface area contributed by atoms with Crippen molar-refractivity contribution in [1.82, 2.24) is 14.5 Å². The van der Waals surface area contributed by atoms with E-state index in [0.717, 1.165) is 27.6 Å². The van der Waals surface area contributed by atoms with Crippen molar-refractivity contribution in [3.05, 3.63) is 143 Å². The summed E-state index contributed by atoms with van der Waals surface area (Å²) in [6, 6.07) is 34.7. The van der Waals surface area contributed by atoms with Gasteiger partial charge in [0.25, 0.3) is 5.56 Å². The van der Waals surface area contributed by atoms with Crippen LogP contribution >= 0.6 is 0 Å². The molecule has 0 bridgehead atoms. The van der Waals surface area contributed by atoms with Gasteiger partial charge in [0.1, 0.15) is 11.2 Å². The van der Waals surface area contributed by atoms with E-state index in [0.29, 0.717) is 29.0 Å². The van der Waals surface area contributed by atoms with Gasteiger partial charge in [0.15, 0.2) is 5.65 Å². The zero-order valence-electron chi connectivity index (χ0n) is 20.5. The van der Waals surface area contributed by atoms with E-state index in [1.165, 1.54) is 0 Å². The van der Waals surface area contributed by atoms with E-state index >= 15 is 0 Å². The summed E-state index contributed by atoms with van der Waals surface area (Å²) in [5.74, 6) is -0.131. The molecular weight excluding hydrogens is 472 g/mol. The SMILES string of the molecule is O=C(Cc1cccc(-n2c(=O)c(Cc3ccccc3)nc3cccnc32)c1)Nc1cccc2ccccc12. The highest BCUT2D eigenvalue weighted by Gasteiger charge is 2.15. The number of amides is 1. The summed E-state index contributed by atoms with van der Waals surface area (Å²) in [6.07, 6.45) is 2.23. The van der Waals surface area contributed by atoms with Crippen molar-refractivity contribution in [2.24, 2.45) is 0 Å². The molecule has 2 heterocycles. The molecule has 38 heavy (non-hydrogen) atoms. The molecule has 0 fully saturated rings. The van der Waals surface area contributed by atoms with Crippen molar-refractivity contribution in [2.45, 2.75) is 12.8 Å². The van der Waals surface area contributed by atoms with E-state index in [1.807, 2.05) is 109 Å². The first-order valence-electron chi connectivity index (χ1n) is 12.4. The summed E-state index contributed by atoms with van der Waals surface area (Å²) in [4.78, 5) is 35.8. The van der Waals surface area contributed by atoms with Crippen molar-refractivity contribution in [2.75, 3.05) is 5.32 Å². The standard InChI is InChI=1S/C32H24N4O2/c37-30(35-27-16-7-13-24-12-4-5-15-26(24)27)21-23-11-6-14-25(19-23)36-31-28(17-8-18-33-31)34-29(32(36)38)20-22-9-2-1-3-10-22/h1-19H,20-21H2,(H,35,37). The molecule has 0 atom stereocenters. The fourth-order valence-corrected chi connectivity index (χ4v) is 4.73. The van der Waals surface area contributed by atoms with Gasteiger partial charge >= 0.3 is 0 Å². The lowest BCUT2D eigenvalue weighted by Crippen LogP contribution is -2.25. The molecule has 6 heteroatoms. The molecule has 4 aromatic carbocycles. The Bertz CT molecular complexity index is 1840. The van der Waals surface area contributed by atoms with Crippen molar-refractivity contribution in [3.63, 3.8) is 0 Å². The summed E-state index contributed by atoms with van der Waals surface area (Å²) in [5, 5.41) is 5.09. The number of pyridine rings is 1. The van der Waals surface area contributed by atoms with Crippen LogP contribution in [0.3, 0.4) is 0 Å². The van der Waals surface area contributed by atoms with E-state index in [2.05, 4.69) is 15.3 Å². The smallest absolute Gasteiger partial charge is 0.278 e. The third kappa shape index (κ3) is 4.67. The summed E-state index contributed by atoms with van der Waals surface area (Å²) >= 11 is 0. The predicted molar refractivity (Wildman–Crippen MR) is 151 cm³/mol. The maximum atomic E-state index is 13.7. The summed E-state index contributed by atoms with van der Waals surface area (Å²) in [7, 11) is 0. The van der Waals surface area contributed by atoms with Crippen LogP contribution in [0.4, 0.5) is 5.69 Å². The summed E-state index contributed by atoms with van der Waals surface area (Å²) in [5.41, 5.74) is 4.54. The molecule has 0 saturated carbocycles. The van der Waals surface area contributed by atoms with Crippen LogP contribution < -0.4 is 10.9 Å². The molecule has 0 spiro atoms. The number of anilines is 1. The number of nitrogens with zero attached hydrogens (tertiary/aromatic N) is 3. The zero-order valence-corrected chi connectivity index (χ0v) is 20.5. The molecule has 0 radical (unpaired) electrons. The molecule has 2 aromatic heterocycles. The number of hydrogen-bond donors (Lipinski definition) is 1. The van der Waals surface area contributed by atoms with Gasteiger partial charge in [-0.05, 0) is 46.8 Å². The minimum Gasteiger partial charge on any atom is -0.325 e. The monoisotopic (exact) mass is 496 g/mol. The number of nitrogens with one attached hydrogen (secondary N) is 1. The number of rotatable bonds is 6. The number of carbonyl (C=O) groups is 1. The average molecular weight is 497 g/mol. The fourth-order valence-electron chi connectivity index (χ4n) is 4.73. The maximum Gasteiger partial charge on any atom is 0.278 e. The predicted octanol–water partition coefficient (Wildman–Crippen LogP) is 5.71. The topological polar surface area (TPSA) is 76.9 Å².